The maximum Gasteiger partial charge on any atom is 0.274 e. The van der Waals surface area contributed by atoms with Gasteiger partial charge in [-0.25, -0.2) is 0 Å². The van der Waals surface area contributed by atoms with Gasteiger partial charge in [-0.3, -0.25) is 14.4 Å². The van der Waals surface area contributed by atoms with E-state index in [1.807, 2.05) is 47.4 Å². The molecule has 2 aromatic carbocycles. The third kappa shape index (κ3) is 3.65. The highest BCUT2D eigenvalue weighted by molar-refractivity contribution is 6.04. The standard InChI is InChI=1S/C25H23N3O3/c29-23(18-7-3-1-4-8-18)26-21-11-12-22-20-13-17(15-28(22)25(21)31)14-27(16-20)24(30)19-9-5-2-6-10-19/h1-12,17,20H,13-16H2,(H,26,29)/t17-,20-/m1/s1. The molecule has 1 aromatic heterocycles. The van der Waals surface area contributed by atoms with Gasteiger partial charge in [0.1, 0.15) is 5.69 Å². The van der Waals surface area contributed by atoms with E-state index in [9.17, 15) is 14.4 Å². The van der Waals surface area contributed by atoms with Crippen LogP contribution in [0.15, 0.2) is 77.6 Å². The fourth-order valence-electron chi connectivity index (χ4n) is 4.75. The van der Waals surface area contributed by atoms with Crippen LogP contribution < -0.4 is 10.9 Å². The lowest BCUT2D eigenvalue weighted by Crippen LogP contribution is -2.49. The fourth-order valence-corrected chi connectivity index (χ4v) is 4.75. The van der Waals surface area contributed by atoms with Gasteiger partial charge < -0.3 is 14.8 Å². The normalized spacial score (nSPS) is 19.4. The number of fused-ring (bicyclic) bond motifs is 4. The molecule has 156 valence electrons. The molecular formula is C25H23N3O3. The number of piperidine rings is 1. The monoisotopic (exact) mass is 413 g/mol. The second-order valence-corrected chi connectivity index (χ2v) is 8.28. The quantitative estimate of drug-likeness (QED) is 0.716. The molecule has 0 unspecified atom stereocenters. The number of carbonyl (C=O) groups is 2. The molecular weight excluding hydrogens is 390 g/mol. The van der Waals surface area contributed by atoms with Gasteiger partial charge in [0, 0.05) is 42.4 Å². The Balaban J connectivity index is 1.39. The van der Waals surface area contributed by atoms with Crippen LogP contribution in [0.1, 0.15) is 38.7 Å². The molecule has 2 bridgehead atoms. The summed E-state index contributed by atoms with van der Waals surface area (Å²) in [4.78, 5) is 40.4. The van der Waals surface area contributed by atoms with Crippen molar-refractivity contribution in [2.75, 3.05) is 18.4 Å². The predicted octanol–water partition coefficient (Wildman–Crippen LogP) is 3.36. The number of anilines is 1. The average molecular weight is 413 g/mol. The highest BCUT2D eigenvalue weighted by Crippen LogP contribution is 2.36. The van der Waals surface area contributed by atoms with Crippen molar-refractivity contribution in [2.45, 2.75) is 18.9 Å². The molecule has 1 N–H and O–H groups in total. The van der Waals surface area contributed by atoms with Crippen LogP contribution in [-0.4, -0.2) is 34.4 Å². The third-order valence-electron chi connectivity index (χ3n) is 6.20. The summed E-state index contributed by atoms with van der Waals surface area (Å²) in [5.74, 6) is 0.0788. The van der Waals surface area contributed by atoms with Crippen LogP contribution >= 0.6 is 0 Å². The first-order valence-electron chi connectivity index (χ1n) is 10.5. The summed E-state index contributed by atoms with van der Waals surface area (Å²) in [6, 6.07) is 21.8. The van der Waals surface area contributed by atoms with Gasteiger partial charge in [-0.1, -0.05) is 36.4 Å². The van der Waals surface area contributed by atoms with Crippen molar-refractivity contribution in [1.29, 1.82) is 0 Å². The maximum absolute atomic E-state index is 13.1. The third-order valence-corrected chi connectivity index (χ3v) is 6.20. The molecule has 0 radical (unpaired) electrons. The van der Waals surface area contributed by atoms with E-state index in [0.717, 1.165) is 12.1 Å². The summed E-state index contributed by atoms with van der Waals surface area (Å²) in [7, 11) is 0. The first kappa shape index (κ1) is 19.3. The van der Waals surface area contributed by atoms with E-state index < -0.39 is 0 Å². The molecule has 5 rings (SSSR count). The van der Waals surface area contributed by atoms with Gasteiger partial charge in [0.05, 0.1) is 0 Å². The number of hydrogen-bond acceptors (Lipinski definition) is 3. The Bertz CT molecular complexity index is 1190. The smallest absolute Gasteiger partial charge is 0.274 e. The number of rotatable bonds is 3. The van der Waals surface area contributed by atoms with Crippen LogP contribution in [0, 0.1) is 5.92 Å². The molecule has 0 aliphatic carbocycles. The van der Waals surface area contributed by atoms with Crippen molar-refractivity contribution >= 4 is 17.5 Å². The zero-order valence-corrected chi connectivity index (χ0v) is 17.0. The van der Waals surface area contributed by atoms with Crippen LogP contribution in [0.5, 0.6) is 0 Å². The minimum absolute atomic E-state index is 0.0397. The molecule has 3 aromatic rings. The Morgan fingerprint density at radius 3 is 2.19 bits per heavy atom. The number of amides is 2. The van der Waals surface area contributed by atoms with E-state index in [-0.39, 0.29) is 34.9 Å². The Kier molecular flexibility index (Phi) is 4.90. The summed E-state index contributed by atoms with van der Waals surface area (Å²) < 4.78 is 1.78. The van der Waals surface area contributed by atoms with E-state index in [4.69, 9.17) is 0 Å². The number of pyridine rings is 1. The number of likely N-dealkylation sites (tertiary alicyclic amines) is 1. The Morgan fingerprint density at radius 2 is 1.48 bits per heavy atom. The fraction of sp³-hybridized carbons (Fsp3) is 0.240. The van der Waals surface area contributed by atoms with Crippen LogP contribution in [0.3, 0.4) is 0 Å². The SMILES string of the molecule is O=C(Nc1ccc2n(c1=O)C[C@@H]1C[C@@H]2CN(C(=O)c2ccccc2)C1)c1ccccc1. The topological polar surface area (TPSA) is 71.4 Å². The molecule has 6 heteroatoms. The predicted molar refractivity (Wildman–Crippen MR) is 118 cm³/mol. The van der Waals surface area contributed by atoms with Crippen molar-refractivity contribution in [3.63, 3.8) is 0 Å². The van der Waals surface area contributed by atoms with Gasteiger partial charge in [0.25, 0.3) is 17.4 Å². The van der Waals surface area contributed by atoms with E-state index in [1.165, 1.54) is 0 Å². The van der Waals surface area contributed by atoms with Gasteiger partial charge in [-0.05, 0) is 48.7 Å². The van der Waals surface area contributed by atoms with E-state index in [1.54, 1.807) is 34.9 Å². The molecule has 2 aliphatic rings. The minimum Gasteiger partial charge on any atom is -0.338 e. The van der Waals surface area contributed by atoms with Gasteiger partial charge in [0.15, 0.2) is 0 Å². The summed E-state index contributed by atoms with van der Waals surface area (Å²) in [5.41, 5.74) is 2.24. The molecule has 6 nitrogen and oxygen atoms in total. The lowest BCUT2D eigenvalue weighted by Gasteiger charge is -2.43. The Labute approximate surface area is 180 Å². The number of nitrogens with zero attached hydrogens (tertiary/aromatic N) is 2. The van der Waals surface area contributed by atoms with E-state index in [0.29, 0.717) is 30.8 Å². The minimum atomic E-state index is -0.297. The number of carbonyl (C=O) groups excluding carboxylic acids is 2. The number of nitrogens with one attached hydrogen (secondary N) is 1. The van der Waals surface area contributed by atoms with Crippen molar-refractivity contribution in [3.05, 3.63) is 100.0 Å². The van der Waals surface area contributed by atoms with Gasteiger partial charge in [0.2, 0.25) is 0 Å². The highest BCUT2D eigenvalue weighted by Gasteiger charge is 2.37. The molecule has 0 saturated carbocycles. The summed E-state index contributed by atoms with van der Waals surface area (Å²) in [5, 5.41) is 2.75. The highest BCUT2D eigenvalue weighted by atomic mass is 16.2. The zero-order valence-electron chi connectivity index (χ0n) is 17.0. The lowest BCUT2D eigenvalue weighted by atomic mass is 9.83. The van der Waals surface area contributed by atoms with Crippen LogP contribution in [0.4, 0.5) is 5.69 Å². The molecule has 2 atom stereocenters. The lowest BCUT2D eigenvalue weighted by molar-refractivity contribution is 0.0594. The van der Waals surface area contributed by atoms with Gasteiger partial charge in [-0.15, -0.1) is 0 Å². The summed E-state index contributed by atoms with van der Waals surface area (Å²) in [6.07, 6.45) is 0.966. The van der Waals surface area contributed by atoms with Crippen LogP contribution in [0.25, 0.3) is 0 Å². The molecule has 3 heterocycles. The second kappa shape index (κ2) is 7.87. The molecule has 0 spiro atoms. The van der Waals surface area contributed by atoms with Crippen LogP contribution in [0.2, 0.25) is 0 Å². The van der Waals surface area contributed by atoms with Crippen molar-refractivity contribution < 1.29 is 9.59 Å². The number of hydrogen-bond donors (Lipinski definition) is 1. The van der Waals surface area contributed by atoms with Crippen molar-refractivity contribution in [1.82, 2.24) is 9.47 Å². The van der Waals surface area contributed by atoms with E-state index >= 15 is 0 Å². The van der Waals surface area contributed by atoms with Gasteiger partial charge >= 0.3 is 0 Å². The second-order valence-electron chi connectivity index (χ2n) is 8.28. The number of aromatic nitrogens is 1. The molecule has 2 amide bonds. The zero-order chi connectivity index (χ0) is 21.4. The van der Waals surface area contributed by atoms with Crippen molar-refractivity contribution in [2.24, 2.45) is 5.92 Å². The molecule has 1 fully saturated rings. The molecule has 2 aliphatic heterocycles. The number of benzene rings is 2. The summed E-state index contributed by atoms with van der Waals surface area (Å²) in [6.45, 7) is 1.79. The first-order chi connectivity index (χ1) is 15.1. The van der Waals surface area contributed by atoms with E-state index in [2.05, 4.69) is 5.32 Å². The maximum atomic E-state index is 13.1. The largest absolute Gasteiger partial charge is 0.338 e. The molecule has 31 heavy (non-hydrogen) atoms. The van der Waals surface area contributed by atoms with Gasteiger partial charge in [-0.2, -0.15) is 0 Å². The summed E-state index contributed by atoms with van der Waals surface area (Å²) >= 11 is 0. The average Bonchev–Trinajstić information content (AvgIpc) is 2.81. The Morgan fingerprint density at radius 1 is 0.806 bits per heavy atom. The molecule has 1 saturated heterocycles. The van der Waals surface area contributed by atoms with Crippen molar-refractivity contribution in [3.8, 4) is 0 Å². The Hall–Kier alpha value is -3.67. The van der Waals surface area contributed by atoms with Crippen LogP contribution in [-0.2, 0) is 6.54 Å². The first-order valence-corrected chi connectivity index (χ1v) is 10.5.